The summed E-state index contributed by atoms with van der Waals surface area (Å²) < 4.78 is 6.68. The van der Waals surface area contributed by atoms with E-state index in [0.29, 0.717) is 6.42 Å². The van der Waals surface area contributed by atoms with Gasteiger partial charge in [-0.2, -0.15) is 5.10 Å². The summed E-state index contributed by atoms with van der Waals surface area (Å²) in [6.07, 6.45) is 1.96. The molecule has 4 nitrogen and oxygen atoms in total. The highest BCUT2D eigenvalue weighted by Gasteiger charge is 2.07. The van der Waals surface area contributed by atoms with Crippen LogP contribution in [0.2, 0.25) is 0 Å². The second-order valence-corrected chi connectivity index (χ2v) is 7.16. The van der Waals surface area contributed by atoms with Gasteiger partial charge >= 0.3 is 0 Å². The van der Waals surface area contributed by atoms with Crippen LogP contribution in [0.1, 0.15) is 36.1 Å². The van der Waals surface area contributed by atoms with Crippen molar-refractivity contribution in [1.82, 2.24) is 5.43 Å². The van der Waals surface area contributed by atoms with Crippen LogP contribution in [-0.4, -0.2) is 18.2 Å². The molecule has 2 aromatic carbocycles. The van der Waals surface area contributed by atoms with Crippen LogP contribution in [0.3, 0.4) is 0 Å². The van der Waals surface area contributed by atoms with Crippen LogP contribution in [0.5, 0.6) is 5.75 Å². The van der Waals surface area contributed by atoms with Crippen molar-refractivity contribution in [3.63, 3.8) is 0 Å². The van der Waals surface area contributed by atoms with Gasteiger partial charge in [0.05, 0.1) is 18.7 Å². The van der Waals surface area contributed by atoms with Gasteiger partial charge in [0.15, 0.2) is 0 Å². The average Bonchev–Trinajstić information content (AvgIpc) is 2.52. The first-order valence-electron chi connectivity index (χ1n) is 8.19. The second-order valence-electron chi connectivity index (χ2n) is 6.25. The van der Waals surface area contributed by atoms with Gasteiger partial charge in [-0.15, -0.1) is 0 Å². The molecule has 0 aliphatic rings. The molecule has 0 aliphatic carbocycles. The average molecular weight is 403 g/mol. The van der Waals surface area contributed by atoms with Gasteiger partial charge in [0.25, 0.3) is 0 Å². The quantitative estimate of drug-likeness (QED) is 0.569. The Morgan fingerprint density at radius 2 is 2.00 bits per heavy atom. The molecule has 1 amide bonds. The van der Waals surface area contributed by atoms with Gasteiger partial charge in [-0.05, 0) is 57.0 Å². The van der Waals surface area contributed by atoms with E-state index in [-0.39, 0.29) is 12.0 Å². The number of ether oxygens (including phenoxy) is 1. The summed E-state index contributed by atoms with van der Waals surface area (Å²) in [5, 5.41) is 4.07. The Labute approximate surface area is 157 Å². The lowest BCUT2D eigenvalue weighted by molar-refractivity contribution is -0.120. The van der Waals surface area contributed by atoms with E-state index in [4.69, 9.17) is 4.74 Å². The molecule has 2 aromatic rings. The fourth-order valence-electron chi connectivity index (χ4n) is 2.41. The van der Waals surface area contributed by atoms with E-state index in [9.17, 15) is 4.79 Å². The van der Waals surface area contributed by atoms with Crippen molar-refractivity contribution >= 4 is 28.1 Å². The number of carbonyl (C=O) groups excluding carboxylic acids is 1. The summed E-state index contributed by atoms with van der Waals surface area (Å²) in [7, 11) is 0. The van der Waals surface area contributed by atoms with Crippen molar-refractivity contribution in [2.45, 2.75) is 40.2 Å². The Morgan fingerprint density at radius 3 is 2.68 bits per heavy atom. The van der Waals surface area contributed by atoms with Crippen molar-refractivity contribution in [2.75, 3.05) is 0 Å². The van der Waals surface area contributed by atoms with E-state index in [1.807, 2.05) is 58.0 Å². The van der Waals surface area contributed by atoms with Crippen LogP contribution >= 0.6 is 15.9 Å². The van der Waals surface area contributed by atoms with Gasteiger partial charge in [-0.25, -0.2) is 5.43 Å². The molecule has 0 heterocycles. The van der Waals surface area contributed by atoms with Crippen molar-refractivity contribution in [3.05, 3.63) is 63.1 Å². The minimum Gasteiger partial charge on any atom is -0.490 e. The number of hydrogen-bond donors (Lipinski definition) is 1. The van der Waals surface area contributed by atoms with Crippen LogP contribution in [0, 0.1) is 13.8 Å². The molecular weight excluding hydrogens is 380 g/mol. The monoisotopic (exact) mass is 402 g/mol. The summed E-state index contributed by atoms with van der Waals surface area (Å²) in [6, 6.07) is 11.8. The maximum atomic E-state index is 12.1. The molecule has 5 heteroatoms. The number of nitrogens with zero attached hydrogens (tertiary/aromatic N) is 1. The van der Waals surface area contributed by atoms with Crippen LogP contribution < -0.4 is 10.2 Å². The summed E-state index contributed by atoms with van der Waals surface area (Å²) in [5.74, 6) is 0.579. The fraction of sp³-hybridized carbons (Fsp3) is 0.300. The topological polar surface area (TPSA) is 50.7 Å². The normalized spacial score (nSPS) is 11.1. The number of carbonyl (C=O) groups is 1. The molecule has 2 rings (SSSR count). The van der Waals surface area contributed by atoms with E-state index in [2.05, 4.69) is 32.5 Å². The number of benzene rings is 2. The largest absolute Gasteiger partial charge is 0.490 e. The third-order valence-corrected chi connectivity index (χ3v) is 4.07. The van der Waals surface area contributed by atoms with Crippen molar-refractivity contribution < 1.29 is 9.53 Å². The SMILES string of the molecule is Cc1ccc(CC(=O)N/N=C\c2cc(Br)ccc2OC(C)C)c(C)c1. The molecule has 0 unspecified atom stereocenters. The molecule has 0 aliphatic heterocycles. The maximum Gasteiger partial charge on any atom is 0.244 e. The molecule has 132 valence electrons. The lowest BCUT2D eigenvalue weighted by Gasteiger charge is -2.12. The van der Waals surface area contributed by atoms with Gasteiger partial charge in [0.1, 0.15) is 5.75 Å². The van der Waals surface area contributed by atoms with Gasteiger partial charge in [0.2, 0.25) is 5.91 Å². The predicted molar refractivity (Wildman–Crippen MR) is 105 cm³/mol. The third-order valence-electron chi connectivity index (χ3n) is 3.58. The number of hydrogen-bond acceptors (Lipinski definition) is 3. The first kappa shape index (κ1) is 19.2. The second kappa shape index (κ2) is 8.81. The molecule has 0 bridgehead atoms. The van der Waals surface area contributed by atoms with E-state index >= 15 is 0 Å². The molecule has 0 atom stereocenters. The van der Waals surface area contributed by atoms with Gasteiger partial charge in [-0.1, -0.05) is 39.7 Å². The number of rotatable bonds is 6. The standard InChI is InChI=1S/C20H23BrN2O2/c1-13(2)25-19-8-7-18(21)10-17(19)12-22-23-20(24)11-16-6-5-14(3)9-15(16)4/h5-10,12-13H,11H2,1-4H3,(H,23,24)/b22-12-. The molecule has 0 fully saturated rings. The summed E-state index contributed by atoms with van der Waals surface area (Å²) >= 11 is 3.44. The molecule has 0 aromatic heterocycles. The van der Waals surface area contributed by atoms with E-state index in [1.165, 1.54) is 5.56 Å². The van der Waals surface area contributed by atoms with E-state index in [1.54, 1.807) is 6.21 Å². The minimum absolute atomic E-state index is 0.0624. The van der Waals surface area contributed by atoms with Crippen LogP contribution in [0.25, 0.3) is 0 Å². The Bertz CT molecular complexity index is 785. The molecule has 0 saturated heterocycles. The Kier molecular flexibility index (Phi) is 6.76. The van der Waals surface area contributed by atoms with Crippen LogP contribution in [0.4, 0.5) is 0 Å². The van der Waals surface area contributed by atoms with Crippen LogP contribution in [0.15, 0.2) is 46.0 Å². The first-order valence-corrected chi connectivity index (χ1v) is 8.98. The molecule has 0 radical (unpaired) electrons. The Balaban J connectivity index is 2.02. The number of halogens is 1. The van der Waals surface area contributed by atoms with Crippen molar-refractivity contribution in [3.8, 4) is 5.75 Å². The zero-order valence-corrected chi connectivity index (χ0v) is 16.6. The van der Waals surface area contributed by atoms with Crippen LogP contribution in [-0.2, 0) is 11.2 Å². The third kappa shape index (κ3) is 6.02. The summed E-state index contributed by atoms with van der Waals surface area (Å²) in [6.45, 7) is 7.98. The van der Waals surface area contributed by atoms with E-state index < -0.39 is 0 Å². The number of aryl methyl sites for hydroxylation is 2. The molecule has 1 N–H and O–H groups in total. The highest BCUT2D eigenvalue weighted by molar-refractivity contribution is 9.10. The number of hydrazone groups is 1. The smallest absolute Gasteiger partial charge is 0.244 e. The van der Waals surface area contributed by atoms with Crippen molar-refractivity contribution in [2.24, 2.45) is 5.10 Å². The summed E-state index contributed by atoms with van der Waals surface area (Å²) in [5.41, 5.74) is 6.68. The summed E-state index contributed by atoms with van der Waals surface area (Å²) in [4.78, 5) is 12.1. The highest BCUT2D eigenvalue weighted by atomic mass is 79.9. The Morgan fingerprint density at radius 1 is 1.24 bits per heavy atom. The fourth-order valence-corrected chi connectivity index (χ4v) is 2.79. The Hall–Kier alpha value is -2.14. The van der Waals surface area contributed by atoms with Gasteiger partial charge in [0, 0.05) is 10.0 Å². The zero-order chi connectivity index (χ0) is 18.4. The number of nitrogens with one attached hydrogen (secondary N) is 1. The van der Waals surface area contributed by atoms with Crippen molar-refractivity contribution in [1.29, 1.82) is 0 Å². The first-order chi connectivity index (χ1) is 11.8. The number of amides is 1. The molecular formula is C20H23BrN2O2. The maximum absolute atomic E-state index is 12.1. The lowest BCUT2D eigenvalue weighted by Crippen LogP contribution is -2.20. The molecule has 0 saturated carbocycles. The predicted octanol–water partition coefficient (Wildman–Crippen LogP) is 4.55. The van der Waals surface area contributed by atoms with E-state index in [0.717, 1.165) is 26.9 Å². The van der Waals surface area contributed by atoms with Gasteiger partial charge in [-0.3, -0.25) is 4.79 Å². The highest BCUT2D eigenvalue weighted by Crippen LogP contribution is 2.22. The zero-order valence-electron chi connectivity index (χ0n) is 15.0. The molecule has 0 spiro atoms. The lowest BCUT2D eigenvalue weighted by atomic mass is 10.0. The minimum atomic E-state index is -0.149. The van der Waals surface area contributed by atoms with Gasteiger partial charge < -0.3 is 4.74 Å². The molecule has 25 heavy (non-hydrogen) atoms.